The van der Waals surface area contributed by atoms with E-state index < -0.39 is 0 Å². The average Bonchev–Trinajstić information content (AvgIpc) is 2.78. The lowest BCUT2D eigenvalue weighted by atomic mass is 10.2. The van der Waals surface area contributed by atoms with Gasteiger partial charge in [-0.05, 0) is 18.2 Å². The van der Waals surface area contributed by atoms with E-state index in [0.29, 0.717) is 41.0 Å². The molecule has 0 radical (unpaired) electrons. The number of benzene rings is 1. The van der Waals surface area contributed by atoms with Crippen molar-refractivity contribution in [1.82, 2.24) is 15.5 Å². The van der Waals surface area contributed by atoms with Crippen molar-refractivity contribution in [2.24, 2.45) is 0 Å². The maximum atomic E-state index is 11.9. The zero-order chi connectivity index (χ0) is 13.8. The second-order valence-corrected chi connectivity index (χ2v) is 4.38. The summed E-state index contributed by atoms with van der Waals surface area (Å²) in [6, 6.07) is 4.77. The number of nitrogens with two attached hydrogens (primary N) is 1. The van der Waals surface area contributed by atoms with E-state index in [4.69, 9.17) is 21.9 Å². The molecule has 3 N–H and O–H groups in total. The number of carbonyl (C=O) groups excluding carboxylic acids is 1. The molecule has 0 aliphatic heterocycles. The van der Waals surface area contributed by atoms with Gasteiger partial charge in [0.25, 0.3) is 5.91 Å². The van der Waals surface area contributed by atoms with Crippen molar-refractivity contribution in [3.8, 4) is 0 Å². The molecule has 0 saturated carbocycles. The van der Waals surface area contributed by atoms with Crippen LogP contribution >= 0.6 is 11.6 Å². The van der Waals surface area contributed by atoms with Gasteiger partial charge in [-0.25, -0.2) is 0 Å². The predicted octanol–water partition coefficient (Wildman–Crippen LogP) is 1.59. The van der Waals surface area contributed by atoms with Gasteiger partial charge in [0.05, 0.1) is 10.6 Å². The minimum atomic E-state index is -0.280. The molecule has 2 aromatic rings. The molecule has 0 spiro atoms. The number of nitrogens with one attached hydrogen (secondary N) is 1. The number of aryl methyl sites for hydroxylation is 1. The number of aromatic nitrogens is 2. The maximum Gasteiger partial charge on any atom is 0.252 e. The number of hydrogen-bond acceptors (Lipinski definition) is 5. The van der Waals surface area contributed by atoms with Crippen LogP contribution in [0.1, 0.15) is 22.1 Å². The Balaban J connectivity index is 1.92. The van der Waals surface area contributed by atoms with Gasteiger partial charge in [-0.1, -0.05) is 16.8 Å². The number of hydrogen-bond donors (Lipinski definition) is 2. The molecule has 0 fully saturated rings. The van der Waals surface area contributed by atoms with E-state index >= 15 is 0 Å². The number of halogens is 1. The van der Waals surface area contributed by atoms with Crippen LogP contribution in [-0.4, -0.2) is 22.6 Å². The fourth-order valence-corrected chi connectivity index (χ4v) is 1.75. The Labute approximate surface area is 114 Å². The van der Waals surface area contributed by atoms with Crippen molar-refractivity contribution in [2.75, 3.05) is 12.3 Å². The highest BCUT2D eigenvalue weighted by atomic mass is 35.5. The molecule has 19 heavy (non-hydrogen) atoms. The summed E-state index contributed by atoms with van der Waals surface area (Å²) >= 11 is 5.93. The summed E-state index contributed by atoms with van der Waals surface area (Å²) in [7, 11) is 0. The first-order valence-corrected chi connectivity index (χ1v) is 6.06. The maximum absolute atomic E-state index is 11.9. The monoisotopic (exact) mass is 280 g/mol. The molecule has 1 aromatic heterocycles. The quantitative estimate of drug-likeness (QED) is 0.829. The van der Waals surface area contributed by atoms with Gasteiger partial charge in [-0.2, -0.15) is 4.98 Å². The van der Waals surface area contributed by atoms with E-state index in [9.17, 15) is 4.79 Å². The van der Waals surface area contributed by atoms with Crippen molar-refractivity contribution < 1.29 is 9.32 Å². The fraction of sp³-hybridized carbons (Fsp3) is 0.250. The SMILES string of the molecule is Cc1nc(CCNC(=O)c2cc(N)ccc2Cl)no1. The molecule has 0 saturated heterocycles. The Morgan fingerprint density at radius 1 is 1.53 bits per heavy atom. The van der Waals surface area contributed by atoms with Crippen LogP contribution in [0, 0.1) is 6.92 Å². The number of carbonyl (C=O) groups is 1. The lowest BCUT2D eigenvalue weighted by molar-refractivity contribution is 0.0954. The molecule has 100 valence electrons. The van der Waals surface area contributed by atoms with E-state index in [-0.39, 0.29) is 5.91 Å². The molecule has 1 amide bonds. The van der Waals surface area contributed by atoms with Gasteiger partial charge in [-0.3, -0.25) is 4.79 Å². The molecule has 0 aliphatic carbocycles. The third kappa shape index (κ3) is 3.45. The molecule has 0 aliphatic rings. The van der Waals surface area contributed by atoms with Crippen molar-refractivity contribution in [3.05, 3.63) is 40.5 Å². The summed E-state index contributed by atoms with van der Waals surface area (Å²) in [5.41, 5.74) is 6.46. The lowest BCUT2D eigenvalue weighted by Crippen LogP contribution is -2.26. The van der Waals surface area contributed by atoms with Crippen LogP contribution in [0.15, 0.2) is 22.7 Å². The summed E-state index contributed by atoms with van der Waals surface area (Å²) in [5, 5.41) is 6.82. The molecule has 0 unspecified atom stereocenters. The summed E-state index contributed by atoms with van der Waals surface area (Å²) in [6.07, 6.45) is 0.489. The molecule has 7 heteroatoms. The number of nitrogens with zero attached hydrogens (tertiary/aromatic N) is 2. The second kappa shape index (κ2) is 5.71. The third-order valence-corrected chi connectivity index (χ3v) is 2.77. The topological polar surface area (TPSA) is 94.0 Å². The summed E-state index contributed by atoms with van der Waals surface area (Å²) in [6.45, 7) is 2.10. The lowest BCUT2D eigenvalue weighted by Gasteiger charge is -2.06. The summed E-state index contributed by atoms with van der Waals surface area (Å²) in [5.74, 6) is 0.772. The molecular weight excluding hydrogens is 268 g/mol. The van der Waals surface area contributed by atoms with Crippen LogP contribution in [0.3, 0.4) is 0 Å². The van der Waals surface area contributed by atoms with Gasteiger partial charge in [0.2, 0.25) is 5.89 Å². The zero-order valence-corrected chi connectivity index (χ0v) is 11.1. The minimum Gasteiger partial charge on any atom is -0.399 e. The Morgan fingerprint density at radius 2 is 2.32 bits per heavy atom. The highest BCUT2D eigenvalue weighted by Gasteiger charge is 2.10. The standard InChI is InChI=1S/C12H13ClN4O2/c1-7-16-11(17-19-7)4-5-15-12(18)9-6-8(14)2-3-10(9)13/h2-3,6H,4-5,14H2,1H3,(H,15,18). The Bertz CT molecular complexity index is 597. The summed E-state index contributed by atoms with van der Waals surface area (Å²) in [4.78, 5) is 15.9. The van der Waals surface area contributed by atoms with Gasteiger partial charge in [0.1, 0.15) is 0 Å². The largest absolute Gasteiger partial charge is 0.399 e. The molecule has 1 aromatic carbocycles. The van der Waals surface area contributed by atoms with Crippen molar-refractivity contribution >= 4 is 23.2 Å². The first-order valence-electron chi connectivity index (χ1n) is 5.68. The fourth-order valence-electron chi connectivity index (χ4n) is 1.54. The number of amides is 1. The van der Waals surface area contributed by atoms with E-state index in [1.807, 2.05) is 0 Å². The summed E-state index contributed by atoms with van der Waals surface area (Å²) < 4.78 is 4.83. The Kier molecular flexibility index (Phi) is 4.01. The highest BCUT2D eigenvalue weighted by Crippen LogP contribution is 2.18. The van der Waals surface area contributed by atoms with Crippen molar-refractivity contribution in [3.63, 3.8) is 0 Å². The smallest absolute Gasteiger partial charge is 0.252 e. The van der Waals surface area contributed by atoms with Crippen molar-refractivity contribution in [2.45, 2.75) is 13.3 Å². The zero-order valence-electron chi connectivity index (χ0n) is 10.3. The molecule has 0 bridgehead atoms. The number of anilines is 1. The first-order chi connectivity index (χ1) is 9.06. The van der Waals surface area contributed by atoms with E-state index in [1.54, 1.807) is 19.1 Å². The third-order valence-electron chi connectivity index (χ3n) is 2.44. The van der Waals surface area contributed by atoms with E-state index in [2.05, 4.69) is 15.5 Å². The first kappa shape index (κ1) is 13.4. The number of rotatable bonds is 4. The Hall–Kier alpha value is -2.08. The Morgan fingerprint density at radius 3 is 3.00 bits per heavy atom. The van der Waals surface area contributed by atoms with Gasteiger partial charge in [0, 0.05) is 25.6 Å². The van der Waals surface area contributed by atoms with Crippen LogP contribution < -0.4 is 11.1 Å². The molecule has 1 heterocycles. The molecular formula is C12H13ClN4O2. The van der Waals surface area contributed by atoms with Crippen LogP contribution in [0.25, 0.3) is 0 Å². The van der Waals surface area contributed by atoms with Crippen LogP contribution in [-0.2, 0) is 6.42 Å². The van der Waals surface area contributed by atoms with Gasteiger partial charge in [0.15, 0.2) is 5.82 Å². The van der Waals surface area contributed by atoms with Crippen LogP contribution in [0.2, 0.25) is 5.02 Å². The predicted molar refractivity (Wildman–Crippen MR) is 70.9 cm³/mol. The molecule has 2 rings (SSSR count). The van der Waals surface area contributed by atoms with Crippen LogP contribution in [0.5, 0.6) is 0 Å². The van der Waals surface area contributed by atoms with Crippen molar-refractivity contribution in [1.29, 1.82) is 0 Å². The minimum absolute atomic E-state index is 0.280. The van der Waals surface area contributed by atoms with Gasteiger partial charge < -0.3 is 15.6 Å². The normalized spacial score (nSPS) is 10.4. The van der Waals surface area contributed by atoms with E-state index in [0.717, 1.165) is 0 Å². The van der Waals surface area contributed by atoms with Gasteiger partial charge in [-0.15, -0.1) is 0 Å². The van der Waals surface area contributed by atoms with E-state index in [1.165, 1.54) is 6.07 Å². The van der Waals surface area contributed by atoms with Gasteiger partial charge >= 0.3 is 0 Å². The second-order valence-electron chi connectivity index (χ2n) is 3.97. The highest BCUT2D eigenvalue weighted by molar-refractivity contribution is 6.34. The molecule has 6 nitrogen and oxygen atoms in total. The number of nitrogen functional groups attached to an aromatic ring is 1. The molecule has 0 atom stereocenters. The average molecular weight is 281 g/mol. The van der Waals surface area contributed by atoms with Crippen LogP contribution in [0.4, 0.5) is 5.69 Å².